The molecule has 1 nitrogen and oxygen atoms in total. The summed E-state index contributed by atoms with van der Waals surface area (Å²) in [5.41, 5.74) is 1.76. The summed E-state index contributed by atoms with van der Waals surface area (Å²) in [5.74, 6) is 0. The van der Waals surface area contributed by atoms with E-state index < -0.39 is 16.4 Å². The SMILES string of the molecule is C=C[C@@H]([C@@H](CCc1ccccc1)O[Si](C)(C)C(C)(C)C)[Si](C)(C)c1ccccc1. The van der Waals surface area contributed by atoms with Crippen LogP contribution in [0.3, 0.4) is 0 Å². The molecule has 0 aromatic heterocycles. The Bertz CT molecular complexity index is 760. The van der Waals surface area contributed by atoms with Gasteiger partial charge in [-0.2, -0.15) is 0 Å². The van der Waals surface area contributed by atoms with Crippen molar-refractivity contribution in [1.82, 2.24) is 0 Å². The van der Waals surface area contributed by atoms with E-state index in [0.717, 1.165) is 12.8 Å². The van der Waals surface area contributed by atoms with Crippen LogP contribution < -0.4 is 5.19 Å². The molecular formula is C26H40OSi2. The number of rotatable bonds is 9. The fourth-order valence-electron chi connectivity index (χ4n) is 3.79. The standard InChI is InChI=1S/C26H40OSi2/c1-9-25(28(5,6)23-18-14-11-15-19-23)24(27-29(7,8)26(2,3)4)21-20-22-16-12-10-13-17-22/h9-19,24-25H,1,20-21H2,2-8H3/t24-,25+/m1/s1. The summed E-state index contributed by atoms with van der Waals surface area (Å²) in [5, 5.41) is 1.68. The van der Waals surface area contributed by atoms with E-state index in [1.807, 2.05) is 0 Å². The molecule has 29 heavy (non-hydrogen) atoms. The van der Waals surface area contributed by atoms with E-state index >= 15 is 0 Å². The molecule has 0 fully saturated rings. The van der Waals surface area contributed by atoms with E-state index in [1.165, 1.54) is 10.8 Å². The van der Waals surface area contributed by atoms with Crippen LogP contribution >= 0.6 is 0 Å². The maximum atomic E-state index is 7.09. The molecule has 0 radical (unpaired) electrons. The lowest BCUT2D eigenvalue weighted by Gasteiger charge is -2.44. The number of aryl methyl sites for hydroxylation is 1. The highest BCUT2D eigenvalue weighted by Gasteiger charge is 2.44. The third-order valence-corrected chi connectivity index (χ3v) is 15.4. The Morgan fingerprint density at radius 1 is 0.897 bits per heavy atom. The van der Waals surface area contributed by atoms with Crippen LogP contribution in [0.15, 0.2) is 73.3 Å². The Balaban J connectivity index is 2.36. The molecule has 0 saturated heterocycles. The molecule has 0 amide bonds. The fraction of sp³-hybridized carbons (Fsp3) is 0.462. The largest absolute Gasteiger partial charge is 0.414 e. The first-order chi connectivity index (χ1) is 13.5. The molecule has 2 aromatic rings. The molecule has 158 valence electrons. The molecule has 2 aromatic carbocycles. The molecule has 0 N–H and O–H groups in total. The predicted molar refractivity (Wildman–Crippen MR) is 134 cm³/mol. The van der Waals surface area contributed by atoms with Crippen molar-refractivity contribution >= 4 is 21.6 Å². The Kier molecular flexibility index (Phi) is 7.89. The molecule has 2 atom stereocenters. The van der Waals surface area contributed by atoms with Gasteiger partial charge in [-0.15, -0.1) is 6.58 Å². The average Bonchev–Trinajstić information content (AvgIpc) is 2.67. The normalized spacial score (nSPS) is 15.0. The topological polar surface area (TPSA) is 9.23 Å². The van der Waals surface area contributed by atoms with Gasteiger partial charge < -0.3 is 4.43 Å². The minimum atomic E-state index is -1.89. The second kappa shape index (κ2) is 9.59. The van der Waals surface area contributed by atoms with Crippen LogP contribution in [0.4, 0.5) is 0 Å². The first-order valence-corrected chi connectivity index (χ1v) is 16.9. The van der Waals surface area contributed by atoms with E-state index in [-0.39, 0.29) is 11.1 Å². The van der Waals surface area contributed by atoms with Crippen LogP contribution in [0.25, 0.3) is 0 Å². The van der Waals surface area contributed by atoms with Gasteiger partial charge in [0.15, 0.2) is 8.32 Å². The maximum Gasteiger partial charge on any atom is 0.192 e. The zero-order valence-electron chi connectivity index (χ0n) is 19.5. The second-order valence-electron chi connectivity index (χ2n) is 10.3. The Morgan fingerprint density at radius 3 is 1.90 bits per heavy atom. The van der Waals surface area contributed by atoms with Crippen molar-refractivity contribution in [3.8, 4) is 0 Å². The highest BCUT2D eigenvalue weighted by molar-refractivity contribution is 6.91. The summed E-state index contributed by atoms with van der Waals surface area (Å²) >= 11 is 0. The first kappa shape index (κ1) is 23.8. The Morgan fingerprint density at radius 2 is 1.41 bits per heavy atom. The summed E-state index contributed by atoms with van der Waals surface area (Å²) in [6.07, 6.45) is 4.48. The third-order valence-electron chi connectivity index (χ3n) is 6.82. The zero-order valence-corrected chi connectivity index (χ0v) is 21.5. The summed E-state index contributed by atoms with van der Waals surface area (Å²) in [6.45, 7) is 21.0. The second-order valence-corrected chi connectivity index (χ2v) is 19.7. The van der Waals surface area contributed by atoms with Gasteiger partial charge in [0.2, 0.25) is 0 Å². The summed E-state index contributed by atoms with van der Waals surface area (Å²) in [7, 11) is -3.68. The van der Waals surface area contributed by atoms with Gasteiger partial charge in [-0.25, -0.2) is 0 Å². The molecule has 3 heteroatoms. The summed E-state index contributed by atoms with van der Waals surface area (Å²) < 4.78 is 7.09. The van der Waals surface area contributed by atoms with Crippen LogP contribution in [0.1, 0.15) is 32.8 Å². The van der Waals surface area contributed by atoms with Crippen LogP contribution in [0, 0.1) is 0 Å². The molecule has 2 rings (SSSR count). The Hall–Kier alpha value is -1.43. The smallest absolute Gasteiger partial charge is 0.192 e. The zero-order chi connectivity index (χ0) is 21.7. The van der Waals surface area contributed by atoms with E-state index in [0.29, 0.717) is 5.54 Å². The molecule has 0 heterocycles. The molecule has 0 bridgehead atoms. The molecular weight excluding hydrogens is 384 g/mol. The van der Waals surface area contributed by atoms with Crippen molar-refractivity contribution < 1.29 is 4.43 Å². The fourth-order valence-corrected chi connectivity index (χ4v) is 8.49. The van der Waals surface area contributed by atoms with Crippen LogP contribution in [-0.2, 0) is 10.8 Å². The van der Waals surface area contributed by atoms with Crippen molar-refractivity contribution in [3.63, 3.8) is 0 Å². The van der Waals surface area contributed by atoms with Gasteiger partial charge in [0.05, 0.1) is 8.07 Å². The third kappa shape index (κ3) is 6.03. The molecule has 0 aliphatic carbocycles. The van der Waals surface area contributed by atoms with Crippen molar-refractivity contribution in [2.24, 2.45) is 0 Å². The maximum absolute atomic E-state index is 7.09. The van der Waals surface area contributed by atoms with Crippen molar-refractivity contribution in [2.75, 3.05) is 0 Å². The monoisotopic (exact) mass is 424 g/mol. The van der Waals surface area contributed by atoms with Gasteiger partial charge in [0.25, 0.3) is 0 Å². The molecule has 0 saturated carbocycles. The molecule has 0 spiro atoms. The number of hydrogen-bond donors (Lipinski definition) is 0. The molecule has 0 aliphatic heterocycles. The van der Waals surface area contributed by atoms with E-state index in [1.54, 1.807) is 0 Å². The van der Waals surface area contributed by atoms with Crippen molar-refractivity contribution in [2.45, 2.75) is 76.5 Å². The van der Waals surface area contributed by atoms with Crippen molar-refractivity contribution in [1.29, 1.82) is 0 Å². The first-order valence-electron chi connectivity index (χ1n) is 10.9. The number of hydrogen-bond acceptors (Lipinski definition) is 1. The van der Waals surface area contributed by atoms with Crippen LogP contribution in [0.2, 0.25) is 36.8 Å². The molecule has 0 unspecified atom stereocenters. The van der Waals surface area contributed by atoms with E-state index in [9.17, 15) is 0 Å². The lowest BCUT2D eigenvalue weighted by atomic mass is 10.0. The van der Waals surface area contributed by atoms with E-state index in [2.05, 4.69) is 120 Å². The highest BCUT2D eigenvalue weighted by atomic mass is 28.4. The lowest BCUT2D eigenvalue weighted by molar-refractivity contribution is 0.172. The van der Waals surface area contributed by atoms with Gasteiger partial charge in [0.1, 0.15) is 0 Å². The van der Waals surface area contributed by atoms with E-state index in [4.69, 9.17) is 4.43 Å². The number of benzene rings is 2. The highest BCUT2D eigenvalue weighted by Crippen LogP contribution is 2.41. The van der Waals surface area contributed by atoms with Crippen molar-refractivity contribution in [3.05, 3.63) is 78.9 Å². The minimum Gasteiger partial charge on any atom is -0.414 e. The van der Waals surface area contributed by atoms with Gasteiger partial charge in [-0.1, -0.05) is 106 Å². The van der Waals surface area contributed by atoms with Gasteiger partial charge in [-0.3, -0.25) is 0 Å². The lowest BCUT2D eigenvalue weighted by Crippen LogP contribution is -2.53. The van der Waals surface area contributed by atoms with Gasteiger partial charge >= 0.3 is 0 Å². The predicted octanol–water partition coefficient (Wildman–Crippen LogP) is 7.18. The molecule has 0 aliphatic rings. The summed E-state index contributed by atoms with van der Waals surface area (Å²) in [4.78, 5) is 0. The van der Waals surface area contributed by atoms with Crippen LogP contribution in [-0.4, -0.2) is 22.5 Å². The van der Waals surface area contributed by atoms with Gasteiger partial charge in [0, 0.05) is 11.6 Å². The Labute approximate surface area is 181 Å². The quantitative estimate of drug-likeness (QED) is 0.306. The average molecular weight is 425 g/mol. The van der Waals surface area contributed by atoms with Crippen LogP contribution in [0.5, 0.6) is 0 Å². The summed E-state index contributed by atoms with van der Waals surface area (Å²) in [6, 6.07) is 21.8. The minimum absolute atomic E-state index is 0.197. The van der Waals surface area contributed by atoms with Gasteiger partial charge in [-0.05, 0) is 36.5 Å².